The number of hydrogen-bond donors (Lipinski definition) is 1. The summed E-state index contributed by atoms with van der Waals surface area (Å²) in [5, 5.41) is 0. The van der Waals surface area contributed by atoms with Crippen LogP contribution < -0.4 is 5.73 Å². The first kappa shape index (κ1) is 21.9. The minimum absolute atomic E-state index is 0. The van der Waals surface area contributed by atoms with Crippen molar-refractivity contribution in [2.24, 2.45) is 5.73 Å². The summed E-state index contributed by atoms with van der Waals surface area (Å²) in [5.41, 5.74) is 6.89. The Hall–Kier alpha value is -1.14. The molecule has 1 aliphatic heterocycles. The molecule has 2 rings (SSSR count). The van der Waals surface area contributed by atoms with Gasteiger partial charge in [-0.15, -0.1) is 12.4 Å². The highest BCUT2D eigenvalue weighted by Crippen LogP contribution is 2.14. The summed E-state index contributed by atoms with van der Waals surface area (Å²) in [6.45, 7) is 4.78. The first-order valence-corrected chi connectivity index (χ1v) is 8.96. The maximum absolute atomic E-state index is 12.6. The summed E-state index contributed by atoms with van der Waals surface area (Å²) in [5.74, 6) is 0.00666. The van der Waals surface area contributed by atoms with Gasteiger partial charge < -0.3 is 20.1 Å². The molecule has 0 aliphatic carbocycles. The molecule has 1 heterocycles. The fourth-order valence-electron chi connectivity index (χ4n) is 2.92. The van der Waals surface area contributed by atoms with E-state index < -0.39 is 6.10 Å². The molecule has 2 atom stereocenters. The Morgan fingerprint density at radius 1 is 1.32 bits per heavy atom. The second-order valence-electron chi connectivity index (χ2n) is 6.31. The second-order valence-corrected chi connectivity index (χ2v) is 6.31. The summed E-state index contributed by atoms with van der Waals surface area (Å²) in [6.07, 6.45) is 3.80. The molecule has 0 aromatic heterocycles. The monoisotopic (exact) mass is 370 g/mol. The lowest BCUT2D eigenvalue weighted by atomic mass is 10.1. The third kappa shape index (κ3) is 7.74. The third-order valence-corrected chi connectivity index (χ3v) is 4.38. The number of hydrogen-bond acceptors (Lipinski definition) is 4. The molecule has 5 nitrogen and oxygen atoms in total. The largest absolute Gasteiger partial charge is 0.376 e. The topological polar surface area (TPSA) is 64.8 Å². The molecule has 1 fully saturated rings. The normalized spacial score (nSPS) is 18.2. The third-order valence-electron chi connectivity index (χ3n) is 4.38. The zero-order chi connectivity index (χ0) is 17.2. The maximum Gasteiger partial charge on any atom is 0.251 e. The Labute approximate surface area is 157 Å². The van der Waals surface area contributed by atoms with Crippen LogP contribution in [0, 0.1) is 0 Å². The van der Waals surface area contributed by atoms with Gasteiger partial charge >= 0.3 is 0 Å². The molecule has 2 N–H and O–H groups in total. The minimum atomic E-state index is -0.460. The lowest BCUT2D eigenvalue weighted by Crippen LogP contribution is -2.43. The van der Waals surface area contributed by atoms with Crippen molar-refractivity contribution in [3.8, 4) is 0 Å². The molecule has 0 saturated carbocycles. The first-order chi connectivity index (χ1) is 11.7. The van der Waals surface area contributed by atoms with Crippen molar-refractivity contribution in [1.82, 2.24) is 4.90 Å². The van der Waals surface area contributed by atoms with Crippen LogP contribution in [0.4, 0.5) is 0 Å². The van der Waals surface area contributed by atoms with Gasteiger partial charge in [0.2, 0.25) is 0 Å². The standard InChI is InChI=1S/C19H30N2O3.ClH/c1-16(24-15-18-9-5-6-14-23-18)19(22)21(13-11-20)12-10-17-7-3-2-4-8-17;/h2-4,7-8,16,18H,5-6,9-15,20H2,1H3;1H. The maximum atomic E-state index is 12.6. The van der Waals surface area contributed by atoms with E-state index in [1.807, 2.05) is 25.1 Å². The van der Waals surface area contributed by atoms with E-state index in [2.05, 4.69) is 12.1 Å². The van der Waals surface area contributed by atoms with Gasteiger partial charge in [0.15, 0.2) is 0 Å². The van der Waals surface area contributed by atoms with Gasteiger partial charge in [-0.2, -0.15) is 0 Å². The second kappa shape index (κ2) is 12.3. The zero-order valence-corrected chi connectivity index (χ0v) is 15.9. The molecule has 0 radical (unpaired) electrons. The number of nitrogens with zero attached hydrogens (tertiary/aromatic N) is 1. The van der Waals surface area contributed by atoms with Crippen molar-refractivity contribution in [3.05, 3.63) is 35.9 Å². The van der Waals surface area contributed by atoms with Crippen molar-refractivity contribution in [2.75, 3.05) is 32.8 Å². The van der Waals surface area contributed by atoms with Crippen molar-refractivity contribution in [3.63, 3.8) is 0 Å². The average molecular weight is 371 g/mol. The smallest absolute Gasteiger partial charge is 0.251 e. The summed E-state index contributed by atoms with van der Waals surface area (Å²) >= 11 is 0. The van der Waals surface area contributed by atoms with Crippen LogP contribution >= 0.6 is 12.4 Å². The number of carbonyl (C=O) groups is 1. The van der Waals surface area contributed by atoms with Crippen molar-refractivity contribution >= 4 is 18.3 Å². The van der Waals surface area contributed by atoms with E-state index in [1.54, 1.807) is 4.90 Å². The Morgan fingerprint density at radius 2 is 2.08 bits per heavy atom. The molecule has 1 amide bonds. The highest BCUT2D eigenvalue weighted by molar-refractivity contribution is 5.85. The van der Waals surface area contributed by atoms with Crippen LogP contribution in [-0.2, 0) is 20.7 Å². The summed E-state index contributed by atoms with van der Waals surface area (Å²) in [4.78, 5) is 14.4. The van der Waals surface area contributed by atoms with Gasteiger partial charge in [0.1, 0.15) is 6.10 Å². The van der Waals surface area contributed by atoms with Crippen LogP contribution in [0.25, 0.3) is 0 Å². The molecule has 1 aliphatic rings. The van der Waals surface area contributed by atoms with Gasteiger partial charge in [0.05, 0.1) is 12.7 Å². The number of nitrogens with two attached hydrogens (primary N) is 1. The molecule has 1 saturated heterocycles. The van der Waals surface area contributed by atoms with Crippen LogP contribution in [0.2, 0.25) is 0 Å². The molecule has 6 heteroatoms. The molecule has 25 heavy (non-hydrogen) atoms. The average Bonchev–Trinajstić information content (AvgIpc) is 2.64. The van der Waals surface area contributed by atoms with Crippen LogP contribution in [0.5, 0.6) is 0 Å². The predicted octanol–water partition coefficient (Wildman–Crippen LogP) is 2.41. The lowest BCUT2D eigenvalue weighted by molar-refractivity contribution is -0.146. The number of amides is 1. The predicted molar refractivity (Wildman–Crippen MR) is 102 cm³/mol. The Kier molecular flexibility index (Phi) is 10.7. The van der Waals surface area contributed by atoms with Crippen molar-refractivity contribution in [1.29, 1.82) is 0 Å². The van der Waals surface area contributed by atoms with Gasteiger partial charge in [-0.3, -0.25) is 4.79 Å². The fraction of sp³-hybridized carbons (Fsp3) is 0.632. The number of carbonyl (C=O) groups excluding carboxylic acids is 1. The van der Waals surface area contributed by atoms with E-state index in [9.17, 15) is 4.79 Å². The number of benzene rings is 1. The number of rotatable bonds is 9. The molecule has 2 unspecified atom stereocenters. The van der Waals surface area contributed by atoms with E-state index in [0.717, 1.165) is 25.9 Å². The van der Waals surface area contributed by atoms with Gasteiger partial charge in [-0.1, -0.05) is 30.3 Å². The van der Waals surface area contributed by atoms with E-state index in [0.29, 0.717) is 26.2 Å². The summed E-state index contributed by atoms with van der Waals surface area (Å²) in [6, 6.07) is 10.2. The molecular weight excluding hydrogens is 340 g/mol. The Morgan fingerprint density at radius 3 is 2.72 bits per heavy atom. The van der Waals surface area contributed by atoms with Gasteiger partial charge in [-0.05, 0) is 38.2 Å². The lowest BCUT2D eigenvalue weighted by Gasteiger charge is -2.27. The van der Waals surface area contributed by atoms with E-state index in [-0.39, 0.29) is 24.4 Å². The molecular formula is C19H31ClN2O3. The molecule has 0 spiro atoms. The molecule has 1 aromatic rings. The quantitative estimate of drug-likeness (QED) is 0.725. The van der Waals surface area contributed by atoms with Crippen molar-refractivity contribution in [2.45, 2.75) is 44.8 Å². The number of halogens is 1. The first-order valence-electron chi connectivity index (χ1n) is 8.96. The van der Waals surface area contributed by atoms with Crippen LogP contribution in [0.1, 0.15) is 31.7 Å². The summed E-state index contributed by atoms with van der Waals surface area (Å²) < 4.78 is 11.4. The highest BCUT2D eigenvalue weighted by Gasteiger charge is 2.22. The SMILES string of the molecule is CC(OCC1CCCCO1)C(=O)N(CCN)CCc1ccccc1.Cl. The van der Waals surface area contributed by atoms with Gasteiger partial charge in [0.25, 0.3) is 5.91 Å². The van der Waals surface area contributed by atoms with Gasteiger partial charge in [0, 0.05) is 26.2 Å². The van der Waals surface area contributed by atoms with Crippen LogP contribution in [-0.4, -0.2) is 55.9 Å². The fourth-order valence-corrected chi connectivity index (χ4v) is 2.92. The molecule has 142 valence electrons. The van der Waals surface area contributed by atoms with E-state index >= 15 is 0 Å². The molecule has 0 bridgehead atoms. The number of ether oxygens (including phenoxy) is 2. The Balaban J connectivity index is 0.00000312. The minimum Gasteiger partial charge on any atom is -0.376 e. The van der Waals surface area contributed by atoms with Gasteiger partial charge in [-0.25, -0.2) is 0 Å². The Bertz CT molecular complexity index is 481. The zero-order valence-electron chi connectivity index (χ0n) is 15.1. The van der Waals surface area contributed by atoms with Crippen LogP contribution in [0.3, 0.4) is 0 Å². The van der Waals surface area contributed by atoms with E-state index in [1.165, 1.54) is 12.0 Å². The highest BCUT2D eigenvalue weighted by atomic mass is 35.5. The summed E-state index contributed by atoms with van der Waals surface area (Å²) in [7, 11) is 0. The van der Waals surface area contributed by atoms with Crippen LogP contribution in [0.15, 0.2) is 30.3 Å². The van der Waals surface area contributed by atoms with Crippen molar-refractivity contribution < 1.29 is 14.3 Å². The van der Waals surface area contributed by atoms with E-state index in [4.69, 9.17) is 15.2 Å². The molecule has 1 aromatic carbocycles.